The number of allylic oxidation sites excluding steroid dienone is 1. The SMILES string of the molecule is C=C(CCC)c1c(C)c2ccc(C)cc2oc1=O.CCC.CCC. The second-order valence-electron chi connectivity index (χ2n) is 6.16. The molecule has 0 unspecified atom stereocenters. The van der Waals surface area contributed by atoms with Crippen LogP contribution in [0.3, 0.4) is 0 Å². The average Bonchev–Trinajstić information content (AvgIpc) is 2.48. The molecule has 24 heavy (non-hydrogen) atoms. The highest BCUT2D eigenvalue weighted by Crippen LogP contribution is 2.25. The molecule has 0 bridgehead atoms. The van der Waals surface area contributed by atoms with E-state index in [2.05, 4.69) is 41.2 Å². The second kappa shape index (κ2) is 11.7. The number of fused-ring (bicyclic) bond motifs is 1. The highest BCUT2D eigenvalue weighted by Gasteiger charge is 2.13. The van der Waals surface area contributed by atoms with Gasteiger partial charge in [-0.15, -0.1) is 0 Å². The minimum Gasteiger partial charge on any atom is -0.422 e. The third kappa shape index (κ3) is 6.35. The van der Waals surface area contributed by atoms with Gasteiger partial charge in [0.2, 0.25) is 0 Å². The molecule has 0 spiro atoms. The van der Waals surface area contributed by atoms with Crippen molar-refractivity contribution in [1.82, 2.24) is 0 Å². The van der Waals surface area contributed by atoms with Crippen LogP contribution in [-0.2, 0) is 0 Å². The Bertz CT molecular complexity index is 691. The fourth-order valence-electron chi connectivity index (χ4n) is 2.30. The largest absolute Gasteiger partial charge is 0.422 e. The highest BCUT2D eigenvalue weighted by molar-refractivity contribution is 5.85. The maximum atomic E-state index is 12.1. The fourth-order valence-corrected chi connectivity index (χ4v) is 2.30. The summed E-state index contributed by atoms with van der Waals surface area (Å²) in [5, 5.41) is 0.993. The number of hydrogen-bond acceptors (Lipinski definition) is 2. The maximum Gasteiger partial charge on any atom is 0.344 e. The number of benzene rings is 1. The Labute approximate surface area is 147 Å². The highest BCUT2D eigenvalue weighted by atomic mass is 16.4. The normalized spacial score (nSPS) is 9.62. The smallest absolute Gasteiger partial charge is 0.344 e. The van der Waals surface area contributed by atoms with Crippen LogP contribution in [0.15, 0.2) is 34.0 Å². The molecule has 0 fully saturated rings. The molecule has 0 aliphatic heterocycles. The molecule has 2 nitrogen and oxygen atoms in total. The molecule has 1 heterocycles. The van der Waals surface area contributed by atoms with Crippen molar-refractivity contribution in [3.8, 4) is 0 Å². The predicted molar refractivity (Wildman–Crippen MR) is 108 cm³/mol. The van der Waals surface area contributed by atoms with Gasteiger partial charge in [0.25, 0.3) is 0 Å². The predicted octanol–water partition coefficient (Wildman–Crippen LogP) is 7.06. The first-order valence-corrected chi connectivity index (χ1v) is 9.09. The molecule has 1 aromatic carbocycles. The number of aryl methyl sites for hydroxylation is 2. The molecule has 1 aromatic heterocycles. The van der Waals surface area contributed by atoms with Crippen LogP contribution in [0, 0.1) is 13.8 Å². The summed E-state index contributed by atoms with van der Waals surface area (Å²) >= 11 is 0. The summed E-state index contributed by atoms with van der Waals surface area (Å²) < 4.78 is 5.41. The lowest BCUT2D eigenvalue weighted by molar-refractivity contribution is 0.556. The quantitative estimate of drug-likeness (QED) is 0.564. The van der Waals surface area contributed by atoms with Gasteiger partial charge in [0.05, 0.1) is 5.56 Å². The van der Waals surface area contributed by atoms with E-state index in [4.69, 9.17) is 4.42 Å². The fraction of sp³-hybridized carbons (Fsp3) is 0.500. The summed E-state index contributed by atoms with van der Waals surface area (Å²) in [7, 11) is 0. The molecule has 0 saturated carbocycles. The van der Waals surface area contributed by atoms with E-state index in [1.54, 1.807) is 0 Å². The topological polar surface area (TPSA) is 30.2 Å². The van der Waals surface area contributed by atoms with E-state index >= 15 is 0 Å². The molecular formula is C22H34O2. The van der Waals surface area contributed by atoms with Gasteiger partial charge in [-0.2, -0.15) is 0 Å². The van der Waals surface area contributed by atoms with Gasteiger partial charge >= 0.3 is 5.63 Å². The molecule has 2 heteroatoms. The zero-order chi connectivity index (χ0) is 18.7. The van der Waals surface area contributed by atoms with E-state index in [1.807, 2.05) is 32.0 Å². The molecule has 0 N–H and O–H groups in total. The first-order valence-electron chi connectivity index (χ1n) is 9.09. The van der Waals surface area contributed by atoms with E-state index in [0.29, 0.717) is 11.1 Å². The monoisotopic (exact) mass is 330 g/mol. The van der Waals surface area contributed by atoms with Crippen LogP contribution in [-0.4, -0.2) is 0 Å². The van der Waals surface area contributed by atoms with Gasteiger partial charge in [-0.3, -0.25) is 0 Å². The van der Waals surface area contributed by atoms with Crippen molar-refractivity contribution in [2.45, 2.75) is 74.1 Å². The summed E-state index contributed by atoms with van der Waals surface area (Å²) in [4.78, 5) is 12.1. The van der Waals surface area contributed by atoms with Gasteiger partial charge in [0.15, 0.2) is 0 Å². The van der Waals surface area contributed by atoms with Gasteiger partial charge in [0.1, 0.15) is 5.58 Å². The lowest BCUT2D eigenvalue weighted by Gasteiger charge is -2.09. The van der Waals surface area contributed by atoms with Crippen LogP contribution >= 0.6 is 0 Å². The van der Waals surface area contributed by atoms with Crippen LogP contribution in [0.5, 0.6) is 0 Å². The standard InChI is InChI=1S/C16H18O2.2C3H8/c1-5-6-11(3)15-12(4)13-8-7-10(2)9-14(13)18-16(15)17;2*1-3-2/h7-9H,3,5-6H2,1-2,4H3;2*3H2,1-2H3. The molecule has 0 aliphatic carbocycles. The first kappa shape index (κ1) is 22.2. The molecule has 0 amide bonds. The average molecular weight is 331 g/mol. The number of hydrogen-bond donors (Lipinski definition) is 0. The Balaban J connectivity index is 0.000000772. The minimum absolute atomic E-state index is 0.274. The van der Waals surface area contributed by atoms with Crippen molar-refractivity contribution in [2.75, 3.05) is 0 Å². The van der Waals surface area contributed by atoms with E-state index in [0.717, 1.165) is 34.9 Å². The van der Waals surface area contributed by atoms with E-state index in [9.17, 15) is 4.79 Å². The summed E-state index contributed by atoms with van der Waals surface area (Å²) in [6, 6.07) is 5.93. The maximum absolute atomic E-state index is 12.1. The Hall–Kier alpha value is -1.83. The van der Waals surface area contributed by atoms with Crippen LogP contribution in [0.2, 0.25) is 0 Å². The zero-order valence-corrected chi connectivity index (χ0v) is 16.6. The van der Waals surface area contributed by atoms with Crippen molar-refractivity contribution in [2.24, 2.45) is 0 Å². The van der Waals surface area contributed by atoms with Gasteiger partial charge in [-0.25, -0.2) is 4.79 Å². The van der Waals surface area contributed by atoms with Crippen LogP contribution in [0.25, 0.3) is 16.5 Å². The van der Waals surface area contributed by atoms with Crippen molar-refractivity contribution in [3.05, 3.63) is 51.9 Å². The van der Waals surface area contributed by atoms with Gasteiger partial charge in [-0.05, 0) is 43.0 Å². The van der Waals surface area contributed by atoms with Crippen LogP contribution in [0.4, 0.5) is 0 Å². The summed E-state index contributed by atoms with van der Waals surface area (Å²) in [6.07, 6.45) is 4.30. The van der Waals surface area contributed by atoms with Crippen molar-refractivity contribution < 1.29 is 4.42 Å². The molecule has 2 aromatic rings. The molecule has 134 valence electrons. The lowest BCUT2D eigenvalue weighted by atomic mass is 9.97. The lowest BCUT2D eigenvalue weighted by Crippen LogP contribution is -2.09. The first-order chi connectivity index (χ1) is 11.4. The molecule has 0 saturated heterocycles. The molecular weight excluding hydrogens is 296 g/mol. The van der Waals surface area contributed by atoms with Gasteiger partial charge in [0, 0.05) is 5.39 Å². The van der Waals surface area contributed by atoms with Crippen molar-refractivity contribution in [3.63, 3.8) is 0 Å². The summed E-state index contributed by atoms with van der Waals surface area (Å²) in [6.45, 7) is 18.5. The van der Waals surface area contributed by atoms with Crippen molar-refractivity contribution >= 4 is 16.5 Å². The van der Waals surface area contributed by atoms with E-state index in [-0.39, 0.29) is 5.63 Å². The summed E-state index contributed by atoms with van der Waals surface area (Å²) in [5.41, 5.74) is 3.96. The Morgan fingerprint density at radius 2 is 1.58 bits per heavy atom. The minimum atomic E-state index is -0.274. The molecule has 0 radical (unpaired) electrons. The molecule has 0 atom stereocenters. The zero-order valence-electron chi connectivity index (χ0n) is 16.6. The van der Waals surface area contributed by atoms with Gasteiger partial charge in [-0.1, -0.05) is 72.6 Å². The molecule has 2 rings (SSSR count). The Kier molecular flexibility index (Phi) is 10.8. The third-order valence-electron chi connectivity index (χ3n) is 3.23. The van der Waals surface area contributed by atoms with Gasteiger partial charge < -0.3 is 4.42 Å². The number of rotatable bonds is 3. The Morgan fingerprint density at radius 3 is 2.08 bits per heavy atom. The van der Waals surface area contributed by atoms with E-state index in [1.165, 1.54) is 12.8 Å². The van der Waals surface area contributed by atoms with E-state index < -0.39 is 0 Å². The second-order valence-corrected chi connectivity index (χ2v) is 6.16. The Morgan fingerprint density at radius 1 is 1.04 bits per heavy atom. The third-order valence-corrected chi connectivity index (χ3v) is 3.23. The van der Waals surface area contributed by atoms with Crippen LogP contribution in [0.1, 0.15) is 77.0 Å². The summed E-state index contributed by atoms with van der Waals surface area (Å²) in [5.74, 6) is 0. The molecule has 0 aliphatic rings. The van der Waals surface area contributed by atoms with Crippen molar-refractivity contribution in [1.29, 1.82) is 0 Å². The van der Waals surface area contributed by atoms with Crippen LogP contribution < -0.4 is 5.63 Å².